The minimum absolute atomic E-state index is 0.268. The Kier molecular flexibility index (Phi) is 5.64. The van der Waals surface area contributed by atoms with Gasteiger partial charge in [0.15, 0.2) is 0 Å². The predicted molar refractivity (Wildman–Crippen MR) is 88.4 cm³/mol. The highest BCUT2D eigenvalue weighted by atomic mass is 79.9. The topological polar surface area (TPSA) is 9.23 Å². The van der Waals surface area contributed by atoms with Crippen molar-refractivity contribution in [1.82, 2.24) is 0 Å². The molecule has 3 heteroatoms. The molecule has 0 radical (unpaired) electrons. The zero-order valence-corrected chi connectivity index (χ0v) is 14.1. The van der Waals surface area contributed by atoms with Crippen LogP contribution in [0.3, 0.4) is 0 Å². The van der Waals surface area contributed by atoms with E-state index in [9.17, 15) is 0 Å². The number of halogens is 1. The number of benzene rings is 1. The summed E-state index contributed by atoms with van der Waals surface area (Å²) in [4.78, 5) is 0. The van der Waals surface area contributed by atoms with E-state index >= 15 is 0 Å². The Hall–Kier alpha value is -0.150. The molecule has 0 aliphatic heterocycles. The Bertz CT molecular complexity index is 411. The van der Waals surface area contributed by atoms with Gasteiger partial charge in [0.05, 0.1) is 11.1 Å². The Labute approximate surface area is 130 Å². The van der Waals surface area contributed by atoms with E-state index in [0.717, 1.165) is 22.6 Å². The summed E-state index contributed by atoms with van der Waals surface area (Å²) in [5.74, 6) is 1.88. The van der Waals surface area contributed by atoms with E-state index in [4.69, 9.17) is 4.74 Å². The number of hydrogen-bond acceptors (Lipinski definition) is 2. The van der Waals surface area contributed by atoms with Crippen LogP contribution >= 0.6 is 28.6 Å². The Morgan fingerprint density at radius 2 is 1.89 bits per heavy atom. The maximum Gasteiger partial charge on any atom is 0.133 e. The summed E-state index contributed by atoms with van der Waals surface area (Å²) in [5, 5.41) is 0. The normalized spacial score (nSPS) is 18.9. The third kappa shape index (κ3) is 4.16. The molecular weight excluding hydrogens is 320 g/mol. The third-order valence-corrected chi connectivity index (χ3v) is 5.41. The van der Waals surface area contributed by atoms with Gasteiger partial charge in [-0.15, -0.1) is 0 Å². The van der Waals surface area contributed by atoms with E-state index in [0.29, 0.717) is 0 Å². The van der Waals surface area contributed by atoms with Gasteiger partial charge in [0.1, 0.15) is 5.75 Å². The van der Waals surface area contributed by atoms with E-state index in [1.807, 2.05) is 0 Å². The average Bonchev–Trinajstić information content (AvgIpc) is 2.64. The van der Waals surface area contributed by atoms with E-state index in [1.165, 1.54) is 44.1 Å². The molecule has 2 rings (SSSR count). The molecule has 1 aliphatic carbocycles. The number of hydrogen-bond donors (Lipinski definition) is 1. The summed E-state index contributed by atoms with van der Waals surface area (Å²) in [6, 6.07) is 6.26. The van der Waals surface area contributed by atoms with Crippen molar-refractivity contribution in [3.63, 3.8) is 0 Å². The molecule has 19 heavy (non-hydrogen) atoms. The van der Waals surface area contributed by atoms with Crippen molar-refractivity contribution in [1.29, 1.82) is 0 Å². The molecule has 1 aliphatic rings. The number of rotatable bonds is 4. The van der Waals surface area contributed by atoms with Crippen molar-refractivity contribution < 1.29 is 4.74 Å². The molecule has 1 nitrogen and oxygen atoms in total. The molecule has 0 bridgehead atoms. The van der Waals surface area contributed by atoms with Gasteiger partial charge in [0.25, 0.3) is 0 Å². The van der Waals surface area contributed by atoms with E-state index in [1.54, 1.807) is 0 Å². The van der Waals surface area contributed by atoms with Crippen LogP contribution in [0.4, 0.5) is 0 Å². The lowest BCUT2D eigenvalue weighted by Crippen LogP contribution is -2.30. The van der Waals surface area contributed by atoms with Crippen molar-refractivity contribution >= 4 is 28.6 Å². The summed E-state index contributed by atoms with van der Waals surface area (Å²) in [6.45, 7) is 2.88. The highest BCUT2D eigenvalue weighted by Gasteiger charge is 2.30. The Balaban J connectivity index is 2.02. The van der Waals surface area contributed by atoms with Gasteiger partial charge in [0.2, 0.25) is 0 Å². The first-order chi connectivity index (χ1) is 9.15. The molecule has 1 fully saturated rings. The van der Waals surface area contributed by atoms with Crippen LogP contribution in [0.5, 0.6) is 5.75 Å². The number of aryl methyl sites for hydroxylation is 1. The van der Waals surface area contributed by atoms with Gasteiger partial charge in [-0.3, -0.25) is 0 Å². The third-order valence-electron chi connectivity index (χ3n) is 4.12. The second-order valence-electron chi connectivity index (χ2n) is 5.79. The van der Waals surface area contributed by atoms with Crippen LogP contribution in [0.1, 0.15) is 44.1 Å². The SMILES string of the molecule is Cc1ccc(OCC2(CS)CCCCCC2)c(Br)c1. The lowest BCUT2D eigenvalue weighted by Gasteiger charge is -2.31. The van der Waals surface area contributed by atoms with Crippen LogP contribution in [0.2, 0.25) is 0 Å². The molecule has 0 saturated heterocycles. The van der Waals surface area contributed by atoms with Crippen molar-refractivity contribution in [3.05, 3.63) is 28.2 Å². The quantitative estimate of drug-likeness (QED) is 0.568. The van der Waals surface area contributed by atoms with Crippen LogP contribution in [0.25, 0.3) is 0 Å². The standard InChI is InChI=1S/C16H23BrOS/c1-13-6-7-15(14(17)10-13)18-11-16(12-19)8-4-2-3-5-9-16/h6-7,10,19H,2-5,8-9,11-12H2,1H3. The van der Waals surface area contributed by atoms with E-state index in [-0.39, 0.29) is 5.41 Å². The van der Waals surface area contributed by atoms with Gasteiger partial charge in [-0.2, -0.15) is 12.6 Å². The van der Waals surface area contributed by atoms with E-state index < -0.39 is 0 Å². The first-order valence-corrected chi connectivity index (χ1v) is 8.58. The van der Waals surface area contributed by atoms with Gasteiger partial charge < -0.3 is 4.74 Å². The maximum atomic E-state index is 6.09. The summed E-state index contributed by atoms with van der Waals surface area (Å²) >= 11 is 8.18. The summed E-state index contributed by atoms with van der Waals surface area (Å²) in [5.41, 5.74) is 1.52. The molecule has 106 valence electrons. The lowest BCUT2D eigenvalue weighted by molar-refractivity contribution is 0.147. The Morgan fingerprint density at radius 3 is 2.47 bits per heavy atom. The zero-order chi connectivity index (χ0) is 13.7. The Morgan fingerprint density at radius 1 is 1.21 bits per heavy atom. The molecule has 1 aromatic rings. The zero-order valence-electron chi connectivity index (χ0n) is 11.6. The molecule has 0 amide bonds. The number of ether oxygens (including phenoxy) is 1. The molecular formula is C16H23BrOS. The molecule has 0 atom stereocenters. The molecule has 0 spiro atoms. The smallest absolute Gasteiger partial charge is 0.133 e. The van der Waals surface area contributed by atoms with Gasteiger partial charge in [-0.05, 0) is 59.1 Å². The number of thiol groups is 1. The molecule has 1 aromatic carbocycles. The fourth-order valence-electron chi connectivity index (χ4n) is 2.78. The molecule has 1 saturated carbocycles. The predicted octanol–water partition coefficient (Wildman–Crippen LogP) is 5.41. The van der Waals surface area contributed by atoms with Crippen LogP contribution in [0.15, 0.2) is 22.7 Å². The largest absolute Gasteiger partial charge is 0.492 e. The minimum Gasteiger partial charge on any atom is -0.492 e. The van der Waals surface area contributed by atoms with Gasteiger partial charge in [0, 0.05) is 5.41 Å². The van der Waals surface area contributed by atoms with Crippen LogP contribution < -0.4 is 4.74 Å². The highest BCUT2D eigenvalue weighted by Crippen LogP contribution is 2.37. The van der Waals surface area contributed by atoms with Crippen molar-refractivity contribution in [2.75, 3.05) is 12.4 Å². The summed E-state index contributed by atoms with van der Waals surface area (Å²) in [7, 11) is 0. The fourth-order valence-corrected chi connectivity index (χ4v) is 3.80. The minimum atomic E-state index is 0.268. The van der Waals surface area contributed by atoms with Crippen LogP contribution in [-0.2, 0) is 0 Å². The van der Waals surface area contributed by atoms with Gasteiger partial charge in [-0.25, -0.2) is 0 Å². The van der Waals surface area contributed by atoms with Gasteiger partial charge >= 0.3 is 0 Å². The van der Waals surface area contributed by atoms with Gasteiger partial charge in [-0.1, -0.05) is 31.7 Å². The maximum absolute atomic E-state index is 6.09. The monoisotopic (exact) mass is 342 g/mol. The summed E-state index contributed by atoms with van der Waals surface area (Å²) in [6.07, 6.45) is 7.87. The average molecular weight is 343 g/mol. The van der Waals surface area contributed by atoms with Crippen molar-refractivity contribution in [3.8, 4) is 5.75 Å². The summed E-state index contributed by atoms with van der Waals surface area (Å²) < 4.78 is 7.14. The second-order valence-corrected chi connectivity index (χ2v) is 6.97. The first kappa shape index (κ1) is 15.2. The lowest BCUT2D eigenvalue weighted by atomic mass is 9.83. The molecule has 0 aromatic heterocycles. The van der Waals surface area contributed by atoms with Crippen LogP contribution in [0, 0.1) is 12.3 Å². The van der Waals surface area contributed by atoms with Crippen LogP contribution in [-0.4, -0.2) is 12.4 Å². The fraction of sp³-hybridized carbons (Fsp3) is 0.625. The first-order valence-electron chi connectivity index (χ1n) is 7.15. The highest BCUT2D eigenvalue weighted by molar-refractivity contribution is 9.10. The van der Waals surface area contributed by atoms with Crippen molar-refractivity contribution in [2.24, 2.45) is 5.41 Å². The van der Waals surface area contributed by atoms with Crippen molar-refractivity contribution in [2.45, 2.75) is 45.4 Å². The second kappa shape index (κ2) is 7.03. The van der Waals surface area contributed by atoms with E-state index in [2.05, 4.69) is 53.7 Å². The molecule has 0 heterocycles. The molecule has 0 N–H and O–H groups in total. The molecule has 0 unspecified atom stereocenters.